The van der Waals surface area contributed by atoms with Gasteiger partial charge in [-0.15, -0.1) is 0 Å². The molecule has 0 aliphatic carbocycles. The average Bonchev–Trinajstić information content (AvgIpc) is 2.44. The van der Waals surface area contributed by atoms with Crippen LogP contribution in [-0.4, -0.2) is 23.9 Å². The first-order valence-corrected chi connectivity index (χ1v) is 6.00. The molecule has 0 fully saturated rings. The molecule has 6 heteroatoms. The van der Waals surface area contributed by atoms with Crippen LogP contribution in [-0.2, 0) is 0 Å². The summed E-state index contributed by atoms with van der Waals surface area (Å²) in [4.78, 5) is 11.2. The van der Waals surface area contributed by atoms with Crippen LogP contribution in [0.25, 0.3) is 11.1 Å². The Bertz CT molecular complexity index is 651. The normalized spacial score (nSPS) is 11.2. The van der Waals surface area contributed by atoms with Crippen molar-refractivity contribution in [2.45, 2.75) is 6.18 Å². The molecule has 0 aromatic heterocycles. The minimum absolute atomic E-state index is 0.000517. The summed E-state index contributed by atoms with van der Waals surface area (Å²) in [6.07, 6.45) is -4.46. The molecule has 1 N–H and O–H groups in total. The molecule has 0 aliphatic heterocycles. The first-order chi connectivity index (χ1) is 9.88. The monoisotopic (exact) mass is 296 g/mol. The Labute approximate surface area is 118 Å². The Kier molecular flexibility index (Phi) is 4.16. The predicted octanol–water partition coefficient (Wildman–Crippen LogP) is 3.99. The lowest BCUT2D eigenvalue weighted by molar-refractivity contribution is -0.153. The van der Waals surface area contributed by atoms with Gasteiger partial charge in [0, 0.05) is 5.56 Å². The maximum Gasteiger partial charge on any atom is 0.422 e. The fraction of sp³-hybridized carbons (Fsp3) is 0.133. The van der Waals surface area contributed by atoms with Crippen LogP contribution < -0.4 is 4.74 Å². The van der Waals surface area contributed by atoms with Crippen molar-refractivity contribution in [3.63, 3.8) is 0 Å². The number of carboxylic acid groups (broad SMARTS) is 1. The van der Waals surface area contributed by atoms with E-state index in [1.165, 1.54) is 30.3 Å². The molecule has 0 radical (unpaired) electrons. The molecule has 2 rings (SSSR count). The quantitative estimate of drug-likeness (QED) is 0.927. The van der Waals surface area contributed by atoms with Gasteiger partial charge in [0.2, 0.25) is 0 Å². The molecule has 0 saturated heterocycles. The van der Waals surface area contributed by atoms with Gasteiger partial charge in [-0.2, -0.15) is 13.2 Å². The largest absolute Gasteiger partial charge is 0.483 e. The summed E-state index contributed by atoms with van der Waals surface area (Å²) in [5.41, 5.74) is 0.614. The van der Waals surface area contributed by atoms with Gasteiger partial charge in [-0.25, -0.2) is 4.79 Å². The van der Waals surface area contributed by atoms with Gasteiger partial charge < -0.3 is 9.84 Å². The van der Waals surface area contributed by atoms with E-state index in [0.717, 1.165) is 0 Å². The molecule has 0 unspecified atom stereocenters. The van der Waals surface area contributed by atoms with Crippen LogP contribution in [0.4, 0.5) is 13.2 Å². The van der Waals surface area contributed by atoms with E-state index in [0.29, 0.717) is 11.1 Å². The fourth-order valence-electron chi connectivity index (χ4n) is 1.88. The van der Waals surface area contributed by atoms with Crippen molar-refractivity contribution in [1.29, 1.82) is 0 Å². The maximum atomic E-state index is 12.3. The Balaban J connectivity index is 2.43. The molecule has 0 spiro atoms. The molecule has 110 valence electrons. The van der Waals surface area contributed by atoms with Gasteiger partial charge in [0.25, 0.3) is 0 Å². The molecule has 0 amide bonds. The van der Waals surface area contributed by atoms with Crippen LogP contribution in [0, 0.1) is 0 Å². The third-order valence-electron chi connectivity index (χ3n) is 2.73. The highest BCUT2D eigenvalue weighted by atomic mass is 19.4. The summed E-state index contributed by atoms with van der Waals surface area (Å²) in [6, 6.07) is 12.1. The van der Waals surface area contributed by atoms with Crippen LogP contribution in [0.5, 0.6) is 5.75 Å². The number of rotatable bonds is 4. The first-order valence-electron chi connectivity index (χ1n) is 6.00. The number of hydrogen-bond acceptors (Lipinski definition) is 2. The van der Waals surface area contributed by atoms with E-state index < -0.39 is 18.8 Å². The van der Waals surface area contributed by atoms with Gasteiger partial charge in [0.05, 0.1) is 5.56 Å². The van der Waals surface area contributed by atoms with Crippen LogP contribution in [0.2, 0.25) is 0 Å². The lowest BCUT2D eigenvalue weighted by Gasteiger charge is -2.14. The predicted molar refractivity (Wildman–Crippen MR) is 70.4 cm³/mol. The van der Waals surface area contributed by atoms with E-state index in [2.05, 4.69) is 0 Å². The number of alkyl halides is 3. The number of para-hydroxylation sites is 1. The number of carbonyl (C=O) groups is 1. The van der Waals surface area contributed by atoms with E-state index in [-0.39, 0.29) is 11.3 Å². The third-order valence-corrected chi connectivity index (χ3v) is 2.73. The lowest BCUT2D eigenvalue weighted by Crippen LogP contribution is -2.19. The molecule has 0 atom stereocenters. The van der Waals surface area contributed by atoms with E-state index in [1.54, 1.807) is 18.2 Å². The van der Waals surface area contributed by atoms with Gasteiger partial charge in [0.15, 0.2) is 6.61 Å². The molecule has 2 aromatic rings. The van der Waals surface area contributed by atoms with E-state index in [1.807, 2.05) is 0 Å². The lowest BCUT2D eigenvalue weighted by atomic mass is 9.99. The average molecular weight is 296 g/mol. The molecule has 2 aromatic carbocycles. The highest BCUT2D eigenvalue weighted by Crippen LogP contribution is 2.33. The number of benzene rings is 2. The molecule has 21 heavy (non-hydrogen) atoms. The molecule has 3 nitrogen and oxygen atoms in total. The van der Waals surface area contributed by atoms with Crippen molar-refractivity contribution >= 4 is 5.97 Å². The van der Waals surface area contributed by atoms with Gasteiger partial charge in [-0.3, -0.25) is 0 Å². The summed E-state index contributed by atoms with van der Waals surface area (Å²) in [7, 11) is 0. The van der Waals surface area contributed by atoms with Crippen LogP contribution in [0.3, 0.4) is 0 Å². The van der Waals surface area contributed by atoms with Gasteiger partial charge >= 0.3 is 12.1 Å². The minimum Gasteiger partial charge on any atom is -0.483 e. The van der Waals surface area contributed by atoms with Crippen molar-refractivity contribution in [3.05, 3.63) is 54.1 Å². The summed E-state index contributed by atoms with van der Waals surface area (Å²) in [6.45, 7) is -1.43. The smallest absolute Gasteiger partial charge is 0.422 e. The van der Waals surface area contributed by atoms with E-state index in [4.69, 9.17) is 9.84 Å². The summed E-state index contributed by atoms with van der Waals surface area (Å²) in [5.74, 6) is -1.17. The van der Waals surface area contributed by atoms with Crippen molar-refractivity contribution in [2.24, 2.45) is 0 Å². The SMILES string of the molecule is O=C(O)c1ccccc1-c1ccccc1OCC(F)(F)F. The standard InChI is InChI=1S/C15H11F3O3/c16-15(17,18)9-21-13-8-4-3-6-11(13)10-5-1-2-7-12(10)14(19)20/h1-8H,9H2,(H,19,20). The zero-order chi connectivity index (χ0) is 15.5. The Hall–Kier alpha value is -2.50. The summed E-state index contributed by atoms with van der Waals surface area (Å²) < 4.78 is 41.6. The van der Waals surface area contributed by atoms with Gasteiger partial charge in [0.1, 0.15) is 5.75 Å². The second-order valence-corrected chi connectivity index (χ2v) is 4.25. The van der Waals surface area contributed by atoms with Crippen molar-refractivity contribution in [3.8, 4) is 16.9 Å². The maximum absolute atomic E-state index is 12.3. The second-order valence-electron chi connectivity index (χ2n) is 4.25. The Morgan fingerprint density at radius 3 is 2.19 bits per heavy atom. The summed E-state index contributed by atoms with van der Waals surface area (Å²) >= 11 is 0. The fourth-order valence-corrected chi connectivity index (χ4v) is 1.88. The zero-order valence-corrected chi connectivity index (χ0v) is 10.7. The van der Waals surface area contributed by atoms with Gasteiger partial charge in [-0.1, -0.05) is 36.4 Å². The molecule has 0 bridgehead atoms. The Morgan fingerprint density at radius 1 is 1.00 bits per heavy atom. The molecular formula is C15H11F3O3. The third kappa shape index (κ3) is 3.75. The number of hydrogen-bond donors (Lipinski definition) is 1. The number of carboxylic acids is 1. The summed E-state index contributed by atoms with van der Waals surface area (Å²) in [5, 5.41) is 9.16. The highest BCUT2D eigenvalue weighted by Gasteiger charge is 2.29. The number of halogens is 3. The number of ether oxygens (including phenoxy) is 1. The van der Waals surface area contributed by atoms with Crippen LogP contribution >= 0.6 is 0 Å². The Morgan fingerprint density at radius 2 is 1.57 bits per heavy atom. The topological polar surface area (TPSA) is 46.5 Å². The highest BCUT2D eigenvalue weighted by molar-refractivity contribution is 5.96. The number of aromatic carboxylic acids is 1. The van der Waals surface area contributed by atoms with E-state index in [9.17, 15) is 18.0 Å². The van der Waals surface area contributed by atoms with Crippen molar-refractivity contribution in [2.75, 3.05) is 6.61 Å². The van der Waals surface area contributed by atoms with Crippen LogP contribution in [0.1, 0.15) is 10.4 Å². The first kappa shape index (κ1) is 14.9. The zero-order valence-electron chi connectivity index (χ0n) is 10.7. The second kappa shape index (κ2) is 5.87. The molecule has 0 saturated carbocycles. The van der Waals surface area contributed by atoms with Gasteiger partial charge in [-0.05, 0) is 17.7 Å². The van der Waals surface area contributed by atoms with Crippen LogP contribution in [0.15, 0.2) is 48.5 Å². The molecule has 0 heterocycles. The van der Waals surface area contributed by atoms with E-state index >= 15 is 0 Å². The van der Waals surface area contributed by atoms with Crippen molar-refractivity contribution < 1.29 is 27.8 Å². The molecular weight excluding hydrogens is 285 g/mol. The minimum atomic E-state index is -4.46. The molecule has 0 aliphatic rings. The van der Waals surface area contributed by atoms with Crippen molar-refractivity contribution in [1.82, 2.24) is 0 Å².